The minimum Gasteiger partial charge on any atom is -0.396 e. The Morgan fingerprint density at radius 1 is 1.33 bits per heavy atom. The summed E-state index contributed by atoms with van der Waals surface area (Å²) in [4.78, 5) is 14.0. The zero-order valence-corrected chi connectivity index (χ0v) is 11.4. The molecule has 2 rings (SSSR count). The van der Waals surface area contributed by atoms with Crippen molar-refractivity contribution in [3.63, 3.8) is 0 Å². The molecule has 0 spiro atoms. The van der Waals surface area contributed by atoms with Crippen molar-refractivity contribution in [2.45, 2.75) is 51.5 Å². The van der Waals surface area contributed by atoms with Gasteiger partial charge >= 0.3 is 6.03 Å². The van der Waals surface area contributed by atoms with Crippen LogP contribution in [0.25, 0.3) is 0 Å². The van der Waals surface area contributed by atoms with Crippen LogP contribution >= 0.6 is 0 Å². The summed E-state index contributed by atoms with van der Waals surface area (Å²) in [5.41, 5.74) is 0. The Kier molecular flexibility index (Phi) is 4.87. The number of aliphatic hydroxyl groups is 1. The lowest BCUT2D eigenvalue weighted by Crippen LogP contribution is -2.47. The first-order chi connectivity index (χ1) is 8.74. The van der Waals surface area contributed by atoms with E-state index in [2.05, 4.69) is 12.2 Å². The highest BCUT2D eigenvalue weighted by Gasteiger charge is 2.30. The molecule has 3 atom stereocenters. The van der Waals surface area contributed by atoms with Crippen molar-refractivity contribution in [3.05, 3.63) is 0 Å². The highest BCUT2D eigenvalue weighted by molar-refractivity contribution is 5.74. The van der Waals surface area contributed by atoms with Crippen LogP contribution in [-0.4, -0.2) is 41.8 Å². The van der Waals surface area contributed by atoms with Gasteiger partial charge in [0.05, 0.1) is 0 Å². The number of likely N-dealkylation sites (tertiary alicyclic amines) is 1. The number of aliphatic hydroxyl groups excluding tert-OH is 1. The summed E-state index contributed by atoms with van der Waals surface area (Å²) in [6.45, 7) is 3.92. The fourth-order valence-corrected chi connectivity index (χ4v) is 3.30. The van der Waals surface area contributed by atoms with Gasteiger partial charge in [-0.2, -0.15) is 0 Å². The highest BCUT2D eigenvalue weighted by atomic mass is 16.3. The van der Waals surface area contributed by atoms with E-state index in [1.54, 1.807) is 0 Å². The van der Waals surface area contributed by atoms with Crippen LogP contribution in [0.2, 0.25) is 0 Å². The summed E-state index contributed by atoms with van der Waals surface area (Å²) in [6, 6.07) is 0.445. The van der Waals surface area contributed by atoms with E-state index in [9.17, 15) is 4.79 Å². The lowest BCUT2D eigenvalue weighted by Gasteiger charge is -2.33. The molecule has 1 heterocycles. The number of nitrogens with one attached hydrogen (secondary N) is 1. The van der Waals surface area contributed by atoms with Crippen molar-refractivity contribution < 1.29 is 9.90 Å². The molecule has 18 heavy (non-hydrogen) atoms. The van der Waals surface area contributed by atoms with Crippen molar-refractivity contribution in [1.29, 1.82) is 0 Å². The van der Waals surface area contributed by atoms with Gasteiger partial charge in [0.1, 0.15) is 0 Å². The summed E-state index contributed by atoms with van der Waals surface area (Å²) in [7, 11) is 0. The zero-order chi connectivity index (χ0) is 13.0. The number of carbonyl (C=O) groups excluding carboxylic acids is 1. The molecule has 0 aromatic rings. The third kappa shape index (κ3) is 3.16. The topological polar surface area (TPSA) is 52.6 Å². The summed E-state index contributed by atoms with van der Waals surface area (Å²) in [5, 5.41) is 12.3. The molecule has 2 fully saturated rings. The van der Waals surface area contributed by atoms with Crippen molar-refractivity contribution in [1.82, 2.24) is 10.2 Å². The van der Waals surface area contributed by atoms with Crippen molar-refractivity contribution in [2.24, 2.45) is 11.8 Å². The van der Waals surface area contributed by atoms with E-state index in [1.165, 1.54) is 19.3 Å². The van der Waals surface area contributed by atoms with E-state index in [0.717, 1.165) is 25.8 Å². The van der Waals surface area contributed by atoms with Crippen LogP contribution < -0.4 is 5.32 Å². The molecule has 3 unspecified atom stereocenters. The maximum Gasteiger partial charge on any atom is 0.317 e. The fourth-order valence-electron chi connectivity index (χ4n) is 3.30. The van der Waals surface area contributed by atoms with E-state index >= 15 is 0 Å². The Morgan fingerprint density at radius 2 is 2.11 bits per heavy atom. The summed E-state index contributed by atoms with van der Waals surface area (Å²) >= 11 is 0. The molecule has 0 bridgehead atoms. The average Bonchev–Trinajstić information content (AvgIpc) is 2.88. The van der Waals surface area contributed by atoms with E-state index < -0.39 is 0 Å². The first-order valence-corrected chi connectivity index (χ1v) is 7.41. The van der Waals surface area contributed by atoms with Gasteiger partial charge in [-0.3, -0.25) is 0 Å². The van der Waals surface area contributed by atoms with Gasteiger partial charge in [-0.25, -0.2) is 4.79 Å². The number of hydrogen-bond donors (Lipinski definition) is 2. The molecule has 0 aromatic heterocycles. The van der Waals surface area contributed by atoms with Gasteiger partial charge in [0.15, 0.2) is 0 Å². The Bertz CT molecular complexity index is 283. The predicted octanol–water partition coefficient (Wildman–Crippen LogP) is 1.98. The van der Waals surface area contributed by atoms with Crippen LogP contribution in [0.1, 0.15) is 45.4 Å². The Morgan fingerprint density at radius 3 is 2.78 bits per heavy atom. The predicted molar refractivity (Wildman–Crippen MR) is 71.3 cm³/mol. The summed E-state index contributed by atoms with van der Waals surface area (Å²) < 4.78 is 0. The second kappa shape index (κ2) is 6.41. The molecule has 1 saturated heterocycles. The number of amides is 2. The molecular formula is C14H26N2O2. The summed E-state index contributed by atoms with van der Waals surface area (Å²) in [6.07, 6.45) is 7.01. The van der Waals surface area contributed by atoms with Gasteiger partial charge in [-0.05, 0) is 25.2 Å². The Balaban J connectivity index is 1.83. The van der Waals surface area contributed by atoms with Crippen molar-refractivity contribution in [2.75, 3.05) is 19.7 Å². The molecule has 104 valence electrons. The normalized spacial score (nSPS) is 32.6. The maximum absolute atomic E-state index is 12.2. The Labute approximate surface area is 110 Å². The second-order valence-corrected chi connectivity index (χ2v) is 5.79. The number of urea groups is 1. The van der Waals surface area contributed by atoms with Gasteiger partial charge in [0.2, 0.25) is 0 Å². The molecule has 1 saturated carbocycles. The summed E-state index contributed by atoms with van der Waals surface area (Å²) in [5.74, 6) is 0.933. The van der Waals surface area contributed by atoms with Gasteiger partial charge in [0.25, 0.3) is 0 Å². The smallest absolute Gasteiger partial charge is 0.317 e. The lowest BCUT2D eigenvalue weighted by molar-refractivity contribution is 0.181. The van der Waals surface area contributed by atoms with Crippen LogP contribution in [-0.2, 0) is 0 Å². The van der Waals surface area contributed by atoms with Crippen LogP contribution in [0.3, 0.4) is 0 Å². The standard InChI is InChI=1S/C14H26N2O2/c1-2-12-5-3-4-6-13(12)15-14(18)16-8-7-11(9-16)10-17/h11-13,17H,2-10H2,1H3,(H,15,18). The van der Waals surface area contributed by atoms with Crippen molar-refractivity contribution >= 4 is 6.03 Å². The minimum atomic E-state index is 0.0799. The molecule has 0 radical (unpaired) electrons. The number of rotatable bonds is 3. The first kappa shape index (κ1) is 13.7. The van der Waals surface area contributed by atoms with Gasteiger partial charge in [-0.15, -0.1) is 0 Å². The van der Waals surface area contributed by atoms with E-state index in [-0.39, 0.29) is 18.6 Å². The van der Waals surface area contributed by atoms with E-state index in [4.69, 9.17) is 5.11 Å². The second-order valence-electron chi connectivity index (χ2n) is 5.79. The number of hydrogen-bond acceptors (Lipinski definition) is 2. The molecule has 2 aliphatic rings. The van der Waals surface area contributed by atoms with E-state index in [0.29, 0.717) is 18.5 Å². The molecular weight excluding hydrogens is 228 g/mol. The fraction of sp³-hybridized carbons (Fsp3) is 0.929. The van der Waals surface area contributed by atoms with Gasteiger partial charge in [-0.1, -0.05) is 26.2 Å². The molecule has 1 aliphatic carbocycles. The molecule has 4 heteroatoms. The zero-order valence-electron chi connectivity index (χ0n) is 11.4. The van der Waals surface area contributed by atoms with Crippen LogP contribution in [0.5, 0.6) is 0 Å². The van der Waals surface area contributed by atoms with Crippen LogP contribution in [0.4, 0.5) is 4.79 Å². The van der Waals surface area contributed by atoms with Crippen molar-refractivity contribution in [3.8, 4) is 0 Å². The molecule has 0 aromatic carbocycles. The van der Waals surface area contributed by atoms with Gasteiger partial charge < -0.3 is 15.3 Å². The SMILES string of the molecule is CCC1CCCCC1NC(=O)N1CCC(CO)C1. The minimum absolute atomic E-state index is 0.0799. The van der Waals surface area contributed by atoms with Crippen LogP contribution in [0.15, 0.2) is 0 Å². The molecule has 2 N–H and O–H groups in total. The number of nitrogens with zero attached hydrogens (tertiary/aromatic N) is 1. The quantitative estimate of drug-likeness (QED) is 0.809. The average molecular weight is 254 g/mol. The molecule has 2 amide bonds. The first-order valence-electron chi connectivity index (χ1n) is 7.41. The maximum atomic E-state index is 12.2. The Hall–Kier alpha value is -0.770. The molecule has 1 aliphatic heterocycles. The van der Waals surface area contributed by atoms with Crippen LogP contribution in [0, 0.1) is 11.8 Å². The number of carbonyl (C=O) groups is 1. The monoisotopic (exact) mass is 254 g/mol. The third-order valence-corrected chi connectivity index (χ3v) is 4.57. The molecule has 4 nitrogen and oxygen atoms in total. The third-order valence-electron chi connectivity index (χ3n) is 4.57. The van der Waals surface area contributed by atoms with E-state index in [1.807, 2.05) is 4.90 Å². The highest BCUT2D eigenvalue weighted by Crippen LogP contribution is 2.27. The lowest BCUT2D eigenvalue weighted by atomic mass is 9.83. The van der Waals surface area contributed by atoms with Gasteiger partial charge in [0, 0.05) is 31.7 Å². The largest absolute Gasteiger partial charge is 0.396 e.